The molecule has 8 heteroatoms. The van der Waals surface area contributed by atoms with Crippen molar-refractivity contribution in [3.63, 3.8) is 0 Å². The first-order valence-corrected chi connectivity index (χ1v) is 10.7. The van der Waals surface area contributed by atoms with E-state index in [1.54, 1.807) is 13.2 Å². The zero-order valence-corrected chi connectivity index (χ0v) is 19.4. The minimum atomic E-state index is -0.639. The van der Waals surface area contributed by atoms with Crippen LogP contribution in [0.4, 0.5) is 4.79 Å². The van der Waals surface area contributed by atoms with Crippen molar-refractivity contribution in [3.8, 4) is 23.1 Å². The fraction of sp³-hybridized carbons (Fsp3) is 0.364. The average Bonchev–Trinajstić information content (AvgIpc) is 3.26. The maximum atomic E-state index is 12.6. The van der Waals surface area contributed by atoms with Crippen molar-refractivity contribution in [1.82, 2.24) is 14.8 Å². The minimum absolute atomic E-state index is 0.0928. The Balaban J connectivity index is 1.89. The van der Waals surface area contributed by atoms with E-state index in [1.165, 1.54) is 4.68 Å². The highest BCUT2D eigenvalue weighted by atomic mass is 127. The molecule has 154 valence electrons. The molecule has 3 aromatic rings. The Hall–Kier alpha value is -2.67. The molecule has 1 atom stereocenters. The Kier molecular flexibility index (Phi) is 5.18. The van der Waals surface area contributed by atoms with Crippen LogP contribution in [0, 0.1) is 15.0 Å². The van der Waals surface area contributed by atoms with Crippen LogP contribution in [-0.2, 0) is 11.2 Å². The number of hydrogen-bond donors (Lipinski definition) is 0. The lowest BCUT2D eigenvalue weighted by molar-refractivity contribution is 0.0522. The SMILES string of the molecule is COc1cc2c(nc1-c1cccc3c1CCC3C#N)c(I)nn2C(=O)OC(C)(C)C. The summed E-state index contributed by atoms with van der Waals surface area (Å²) >= 11 is 2.07. The largest absolute Gasteiger partial charge is 0.494 e. The van der Waals surface area contributed by atoms with Gasteiger partial charge in [-0.1, -0.05) is 18.2 Å². The number of halogens is 1. The molecule has 1 aromatic carbocycles. The molecule has 2 aromatic heterocycles. The van der Waals surface area contributed by atoms with Gasteiger partial charge in [-0.25, -0.2) is 9.78 Å². The number of benzene rings is 1. The molecule has 30 heavy (non-hydrogen) atoms. The van der Waals surface area contributed by atoms with E-state index in [4.69, 9.17) is 14.5 Å². The maximum absolute atomic E-state index is 12.6. The summed E-state index contributed by atoms with van der Waals surface area (Å²) in [5.41, 5.74) is 4.30. The predicted molar refractivity (Wildman–Crippen MR) is 121 cm³/mol. The third kappa shape index (κ3) is 3.51. The molecule has 0 saturated heterocycles. The number of aromatic nitrogens is 3. The van der Waals surface area contributed by atoms with Crippen molar-refractivity contribution in [2.45, 2.75) is 45.1 Å². The zero-order valence-electron chi connectivity index (χ0n) is 17.2. The van der Waals surface area contributed by atoms with Gasteiger partial charge < -0.3 is 9.47 Å². The van der Waals surface area contributed by atoms with Crippen LogP contribution in [0.25, 0.3) is 22.3 Å². The lowest BCUT2D eigenvalue weighted by Crippen LogP contribution is -2.27. The summed E-state index contributed by atoms with van der Waals surface area (Å²) in [4.78, 5) is 17.5. The van der Waals surface area contributed by atoms with Gasteiger partial charge in [0.1, 0.15) is 31.8 Å². The number of hydrogen-bond acceptors (Lipinski definition) is 6. The Morgan fingerprint density at radius 2 is 2.13 bits per heavy atom. The highest BCUT2D eigenvalue weighted by molar-refractivity contribution is 14.1. The summed E-state index contributed by atoms with van der Waals surface area (Å²) < 4.78 is 12.9. The lowest BCUT2D eigenvalue weighted by atomic mass is 9.97. The molecule has 7 nitrogen and oxygen atoms in total. The predicted octanol–water partition coefficient (Wildman–Crippen LogP) is 5.05. The number of rotatable bonds is 2. The summed E-state index contributed by atoms with van der Waals surface area (Å²) in [6.07, 6.45) is 1.06. The summed E-state index contributed by atoms with van der Waals surface area (Å²) in [6.45, 7) is 5.43. The van der Waals surface area contributed by atoms with Gasteiger partial charge in [0.2, 0.25) is 0 Å². The van der Waals surface area contributed by atoms with Gasteiger partial charge in [-0.05, 0) is 67.3 Å². The number of pyridine rings is 1. The summed E-state index contributed by atoms with van der Waals surface area (Å²) in [6, 6.07) is 10.1. The lowest BCUT2D eigenvalue weighted by Gasteiger charge is -2.19. The van der Waals surface area contributed by atoms with E-state index in [0.717, 1.165) is 29.5 Å². The van der Waals surface area contributed by atoms with Crippen LogP contribution in [0.3, 0.4) is 0 Å². The summed E-state index contributed by atoms with van der Waals surface area (Å²) in [7, 11) is 1.58. The van der Waals surface area contributed by atoms with Crippen LogP contribution in [0.5, 0.6) is 5.75 Å². The van der Waals surface area contributed by atoms with E-state index < -0.39 is 11.7 Å². The fourth-order valence-corrected chi connectivity index (χ4v) is 4.40. The number of carbonyl (C=O) groups is 1. The molecular weight excluding hydrogens is 495 g/mol. The Bertz CT molecular complexity index is 1200. The number of fused-ring (bicyclic) bond motifs is 2. The van der Waals surface area contributed by atoms with Crippen LogP contribution in [-0.4, -0.2) is 33.6 Å². The van der Waals surface area contributed by atoms with Crippen molar-refractivity contribution >= 4 is 39.7 Å². The second-order valence-corrected chi connectivity index (χ2v) is 9.21. The van der Waals surface area contributed by atoms with Crippen molar-refractivity contribution in [2.24, 2.45) is 0 Å². The Morgan fingerprint density at radius 1 is 1.37 bits per heavy atom. The highest BCUT2D eigenvalue weighted by Gasteiger charge is 2.28. The summed E-state index contributed by atoms with van der Waals surface area (Å²) in [5.74, 6) is 0.446. The van der Waals surface area contributed by atoms with E-state index in [2.05, 4.69) is 33.8 Å². The normalized spacial score (nSPS) is 15.7. The molecule has 0 bridgehead atoms. The molecule has 1 aliphatic carbocycles. The number of nitrogens with zero attached hydrogens (tertiary/aromatic N) is 4. The smallest absolute Gasteiger partial charge is 0.435 e. The van der Waals surface area contributed by atoms with Crippen LogP contribution in [0.15, 0.2) is 24.3 Å². The standard InChI is InChI=1S/C22H21IN4O3/c1-22(2,3)30-21(28)27-16-10-17(29-4)18(25-19(16)20(23)26-27)15-7-5-6-13-12(11-24)8-9-14(13)15/h5-7,10,12H,8-9H2,1-4H3. The molecule has 1 unspecified atom stereocenters. The second-order valence-electron chi connectivity index (χ2n) is 8.18. The molecule has 0 N–H and O–H groups in total. The Morgan fingerprint density at radius 3 is 2.80 bits per heavy atom. The fourth-order valence-electron chi connectivity index (χ4n) is 3.79. The van der Waals surface area contributed by atoms with Gasteiger partial charge in [-0.3, -0.25) is 0 Å². The van der Waals surface area contributed by atoms with Crippen LogP contribution >= 0.6 is 22.6 Å². The van der Waals surface area contributed by atoms with Gasteiger partial charge in [-0.2, -0.15) is 15.0 Å². The van der Waals surface area contributed by atoms with Crippen LogP contribution in [0.2, 0.25) is 0 Å². The van der Waals surface area contributed by atoms with E-state index >= 15 is 0 Å². The molecular formula is C22H21IN4O3. The highest BCUT2D eigenvalue weighted by Crippen LogP contribution is 2.41. The first-order chi connectivity index (χ1) is 14.2. The molecule has 0 radical (unpaired) electrons. The number of carbonyl (C=O) groups excluding carboxylic acids is 1. The number of ether oxygens (including phenoxy) is 2. The molecule has 0 spiro atoms. The van der Waals surface area contributed by atoms with Gasteiger partial charge in [0.25, 0.3) is 0 Å². The average molecular weight is 516 g/mol. The summed E-state index contributed by atoms with van der Waals surface area (Å²) in [5, 5.41) is 13.8. The second kappa shape index (κ2) is 7.54. The quantitative estimate of drug-likeness (QED) is 0.443. The molecule has 0 saturated carbocycles. The minimum Gasteiger partial charge on any atom is -0.494 e. The van der Waals surface area contributed by atoms with E-state index in [9.17, 15) is 10.1 Å². The Labute approximate surface area is 188 Å². The van der Waals surface area contributed by atoms with Crippen molar-refractivity contribution in [3.05, 3.63) is 39.1 Å². The van der Waals surface area contributed by atoms with Crippen molar-refractivity contribution < 1.29 is 14.3 Å². The first kappa shape index (κ1) is 20.6. The third-order valence-electron chi connectivity index (χ3n) is 5.05. The van der Waals surface area contributed by atoms with Gasteiger partial charge >= 0.3 is 6.09 Å². The topological polar surface area (TPSA) is 90.0 Å². The van der Waals surface area contributed by atoms with Crippen molar-refractivity contribution in [1.29, 1.82) is 5.26 Å². The molecule has 0 fully saturated rings. The molecule has 2 heterocycles. The monoisotopic (exact) mass is 516 g/mol. The van der Waals surface area contributed by atoms with Gasteiger partial charge in [0.05, 0.1) is 19.1 Å². The third-order valence-corrected chi connectivity index (χ3v) is 5.77. The molecule has 4 rings (SSSR count). The van der Waals surface area contributed by atoms with Crippen LogP contribution < -0.4 is 4.74 Å². The number of nitriles is 1. The van der Waals surface area contributed by atoms with E-state index in [0.29, 0.717) is 26.2 Å². The molecule has 1 aliphatic rings. The van der Waals surface area contributed by atoms with E-state index in [-0.39, 0.29) is 5.92 Å². The van der Waals surface area contributed by atoms with Gasteiger partial charge in [-0.15, -0.1) is 0 Å². The zero-order chi connectivity index (χ0) is 21.6. The van der Waals surface area contributed by atoms with Crippen LogP contribution in [0.1, 0.15) is 44.2 Å². The first-order valence-electron chi connectivity index (χ1n) is 9.62. The maximum Gasteiger partial charge on any atom is 0.435 e. The van der Waals surface area contributed by atoms with Crippen molar-refractivity contribution in [2.75, 3.05) is 7.11 Å². The molecule has 0 aliphatic heterocycles. The number of methoxy groups -OCH3 is 1. The molecule has 0 amide bonds. The van der Waals surface area contributed by atoms with Gasteiger partial charge in [0.15, 0.2) is 0 Å². The van der Waals surface area contributed by atoms with E-state index in [1.807, 2.05) is 39.0 Å². The van der Waals surface area contributed by atoms with Gasteiger partial charge in [0, 0.05) is 11.6 Å².